The van der Waals surface area contributed by atoms with E-state index in [1.807, 2.05) is 33.8 Å². The molecule has 0 fully saturated rings. The molecule has 0 saturated heterocycles. The SMILES string of the molecule is C=CC(=C)CCC.CC.CC.CCC. The minimum absolute atomic E-state index is 1.09. The lowest BCUT2D eigenvalue weighted by Crippen LogP contribution is -1.69. The van der Waals surface area contributed by atoms with Crippen LogP contribution in [0.3, 0.4) is 0 Å². The first-order chi connectivity index (χ1) is 6.72. The molecule has 0 nitrogen and oxygen atoms in total. The van der Waals surface area contributed by atoms with Gasteiger partial charge in [-0.15, -0.1) is 0 Å². The average Bonchev–Trinajstić information content (AvgIpc) is 2.25. The van der Waals surface area contributed by atoms with Crippen LogP contribution in [-0.4, -0.2) is 0 Å². The Kier molecular flexibility index (Phi) is 65.4. The lowest BCUT2D eigenvalue weighted by molar-refractivity contribution is 0.930. The first-order valence-corrected chi connectivity index (χ1v) is 6.03. The van der Waals surface area contributed by atoms with Gasteiger partial charge in [-0.2, -0.15) is 0 Å². The molecular weight excluding hydrogens is 168 g/mol. The third-order valence-electron chi connectivity index (χ3n) is 0.860. The maximum atomic E-state index is 3.74. The molecule has 0 saturated carbocycles. The highest BCUT2D eigenvalue weighted by Crippen LogP contribution is 1.99. The van der Waals surface area contributed by atoms with Crippen molar-refractivity contribution in [3.63, 3.8) is 0 Å². The molecule has 0 heterocycles. The zero-order valence-electron chi connectivity index (χ0n) is 11.6. The number of hydrogen-bond acceptors (Lipinski definition) is 0. The largest absolute Gasteiger partial charge is 0.0988 e. The molecule has 0 spiro atoms. The van der Waals surface area contributed by atoms with Gasteiger partial charge in [0.25, 0.3) is 0 Å². The van der Waals surface area contributed by atoms with Crippen LogP contribution < -0.4 is 0 Å². The molecule has 0 N–H and O–H groups in total. The predicted molar refractivity (Wildman–Crippen MR) is 72.9 cm³/mol. The second-order valence-electron chi connectivity index (χ2n) is 2.32. The summed E-state index contributed by atoms with van der Waals surface area (Å²) in [6.45, 7) is 21.7. The summed E-state index contributed by atoms with van der Waals surface area (Å²) in [7, 11) is 0. The van der Waals surface area contributed by atoms with E-state index in [0.717, 1.165) is 12.0 Å². The molecule has 0 aromatic heterocycles. The summed E-state index contributed by atoms with van der Waals surface area (Å²) in [5.74, 6) is 0. The lowest BCUT2D eigenvalue weighted by Gasteiger charge is -1.89. The highest BCUT2D eigenvalue weighted by atomic mass is 13.9. The average molecular weight is 200 g/mol. The topological polar surface area (TPSA) is 0 Å². The maximum absolute atomic E-state index is 3.74. The monoisotopic (exact) mass is 200 g/mol. The van der Waals surface area contributed by atoms with Gasteiger partial charge in [-0.05, 0) is 6.42 Å². The second kappa shape index (κ2) is 39.2. The van der Waals surface area contributed by atoms with Crippen LogP contribution in [0.15, 0.2) is 24.8 Å². The van der Waals surface area contributed by atoms with Gasteiger partial charge in [-0.1, -0.05) is 86.1 Å². The Labute approximate surface area is 93.1 Å². The van der Waals surface area contributed by atoms with Crippen LogP contribution in [0.2, 0.25) is 0 Å². The van der Waals surface area contributed by atoms with Crippen molar-refractivity contribution in [3.05, 3.63) is 24.8 Å². The Morgan fingerprint density at radius 2 is 1.29 bits per heavy atom. The molecule has 0 bridgehead atoms. The van der Waals surface area contributed by atoms with E-state index in [4.69, 9.17) is 0 Å². The fourth-order valence-electron chi connectivity index (χ4n) is 0.423. The van der Waals surface area contributed by atoms with Gasteiger partial charge < -0.3 is 0 Å². The van der Waals surface area contributed by atoms with Crippen LogP contribution in [0.25, 0.3) is 0 Å². The summed E-state index contributed by atoms with van der Waals surface area (Å²) in [5, 5.41) is 0. The van der Waals surface area contributed by atoms with Gasteiger partial charge in [0.15, 0.2) is 0 Å². The maximum Gasteiger partial charge on any atom is -0.0288 e. The summed E-state index contributed by atoms with van der Waals surface area (Å²) in [6.07, 6.45) is 5.32. The van der Waals surface area contributed by atoms with Gasteiger partial charge in [0, 0.05) is 0 Å². The van der Waals surface area contributed by atoms with Crippen molar-refractivity contribution in [3.8, 4) is 0 Å². The first-order valence-electron chi connectivity index (χ1n) is 6.03. The fourth-order valence-corrected chi connectivity index (χ4v) is 0.423. The van der Waals surface area contributed by atoms with Crippen molar-refractivity contribution in [2.75, 3.05) is 0 Å². The lowest BCUT2D eigenvalue weighted by atomic mass is 10.2. The van der Waals surface area contributed by atoms with Gasteiger partial charge in [-0.25, -0.2) is 0 Å². The summed E-state index contributed by atoms with van der Waals surface area (Å²) in [6, 6.07) is 0. The quantitative estimate of drug-likeness (QED) is 0.490. The van der Waals surface area contributed by atoms with Crippen LogP contribution >= 0.6 is 0 Å². The van der Waals surface area contributed by atoms with Gasteiger partial charge >= 0.3 is 0 Å². The van der Waals surface area contributed by atoms with Gasteiger partial charge in [-0.3, -0.25) is 0 Å². The van der Waals surface area contributed by atoms with E-state index in [1.165, 1.54) is 12.8 Å². The van der Waals surface area contributed by atoms with Crippen LogP contribution in [0.1, 0.15) is 67.7 Å². The Balaban J connectivity index is -0.0000000603. The molecule has 0 heteroatoms. The molecule has 0 aliphatic heterocycles. The number of hydrogen-bond donors (Lipinski definition) is 0. The van der Waals surface area contributed by atoms with Crippen LogP contribution in [0.4, 0.5) is 0 Å². The summed E-state index contributed by atoms with van der Waals surface area (Å²) >= 11 is 0. The first kappa shape index (κ1) is 23.4. The Morgan fingerprint density at radius 1 is 1.00 bits per heavy atom. The van der Waals surface area contributed by atoms with Crippen molar-refractivity contribution >= 4 is 0 Å². The smallest absolute Gasteiger partial charge is 0.0288 e. The highest BCUT2D eigenvalue weighted by molar-refractivity contribution is 5.09. The Morgan fingerprint density at radius 3 is 1.36 bits per heavy atom. The zero-order valence-corrected chi connectivity index (χ0v) is 11.6. The summed E-state index contributed by atoms with van der Waals surface area (Å²) in [5.41, 5.74) is 1.14. The minimum Gasteiger partial charge on any atom is -0.0988 e. The van der Waals surface area contributed by atoms with E-state index in [1.54, 1.807) is 0 Å². The molecule has 0 aliphatic carbocycles. The molecule has 88 valence electrons. The van der Waals surface area contributed by atoms with E-state index < -0.39 is 0 Å². The van der Waals surface area contributed by atoms with Crippen molar-refractivity contribution in [1.29, 1.82) is 0 Å². The Hall–Kier alpha value is -0.520. The van der Waals surface area contributed by atoms with Crippen LogP contribution in [0, 0.1) is 0 Å². The van der Waals surface area contributed by atoms with Gasteiger partial charge in [0.05, 0.1) is 0 Å². The number of allylic oxidation sites excluding steroid dienone is 2. The van der Waals surface area contributed by atoms with E-state index >= 15 is 0 Å². The molecule has 0 aliphatic rings. The van der Waals surface area contributed by atoms with E-state index in [2.05, 4.69) is 33.9 Å². The van der Waals surface area contributed by atoms with Crippen LogP contribution in [-0.2, 0) is 0 Å². The van der Waals surface area contributed by atoms with E-state index in [-0.39, 0.29) is 0 Å². The second-order valence-corrected chi connectivity index (χ2v) is 2.32. The normalized spacial score (nSPS) is 6.21. The van der Waals surface area contributed by atoms with Crippen molar-refractivity contribution < 1.29 is 0 Å². The summed E-state index contributed by atoms with van der Waals surface area (Å²) < 4.78 is 0. The van der Waals surface area contributed by atoms with Crippen molar-refractivity contribution in [2.45, 2.75) is 67.7 Å². The number of rotatable bonds is 3. The molecule has 0 aromatic carbocycles. The Bertz CT molecular complexity index is 80.0. The zero-order chi connectivity index (χ0) is 12.4. The van der Waals surface area contributed by atoms with E-state index in [0.29, 0.717) is 0 Å². The van der Waals surface area contributed by atoms with Crippen LogP contribution in [0.5, 0.6) is 0 Å². The molecule has 0 rings (SSSR count). The molecule has 0 amide bonds. The predicted octanol–water partition coefficient (Wildman–Crippen LogP) is 6.00. The molecule has 0 atom stereocenters. The fraction of sp³-hybridized carbons (Fsp3) is 0.714. The molecule has 0 unspecified atom stereocenters. The minimum atomic E-state index is 1.09. The van der Waals surface area contributed by atoms with Gasteiger partial charge in [0.2, 0.25) is 0 Å². The highest BCUT2D eigenvalue weighted by Gasteiger charge is 1.79. The molecule has 0 radical (unpaired) electrons. The van der Waals surface area contributed by atoms with E-state index in [9.17, 15) is 0 Å². The molecule has 0 aromatic rings. The van der Waals surface area contributed by atoms with Crippen molar-refractivity contribution in [2.24, 2.45) is 0 Å². The third kappa shape index (κ3) is 62.8. The summed E-state index contributed by atoms with van der Waals surface area (Å²) in [4.78, 5) is 0. The standard InChI is InChI=1S/C7H12.C3H8.2C2H6/c1-4-6-7(3)5-2;1-3-2;2*1-2/h5H,2-4,6H2,1H3;3H2,1-2H3;2*1-2H3. The third-order valence-corrected chi connectivity index (χ3v) is 0.860. The molecular formula is C14H32. The molecule has 14 heavy (non-hydrogen) atoms. The van der Waals surface area contributed by atoms with Crippen molar-refractivity contribution in [1.82, 2.24) is 0 Å². The van der Waals surface area contributed by atoms with Gasteiger partial charge in [0.1, 0.15) is 0 Å².